The normalized spacial score (nSPS) is 7.08. The summed E-state index contributed by atoms with van der Waals surface area (Å²) in [6.07, 6.45) is 0. The molecule has 1 heterocycles. The second-order valence-corrected chi connectivity index (χ2v) is 2.53. The summed E-state index contributed by atoms with van der Waals surface area (Å²) in [5, 5.41) is 0. The number of nitrogens with zero attached hydrogens (tertiary/aromatic N) is 1. The van der Waals surface area contributed by atoms with Crippen molar-refractivity contribution < 1.29 is 63.4 Å². The van der Waals surface area contributed by atoms with Gasteiger partial charge in [0.25, 0.3) is 0 Å². The molecule has 1 rings (SSSR count). The van der Waals surface area contributed by atoms with E-state index in [4.69, 9.17) is 0 Å². The van der Waals surface area contributed by atoms with Crippen LogP contribution in [0.25, 0.3) is 0 Å². The molecule has 0 aliphatic carbocycles. The molecule has 0 aliphatic heterocycles. The van der Waals surface area contributed by atoms with Crippen molar-refractivity contribution in [3.63, 3.8) is 0 Å². The maximum absolute atomic E-state index is 4.31. The van der Waals surface area contributed by atoms with Crippen LogP contribution in [0.3, 0.4) is 0 Å². The minimum atomic E-state index is 0. The fourth-order valence-corrected chi connectivity index (χ4v) is 0.962. The van der Waals surface area contributed by atoms with E-state index >= 15 is 0 Å². The van der Waals surface area contributed by atoms with Gasteiger partial charge in [0.15, 0.2) is 0 Å². The molecule has 0 saturated carbocycles. The van der Waals surface area contributed by atoms with Gasteiger partial charge >= 0.3 is 26.2 Å². The summed E-state index contributed by atoms with van der Waals surface area (Å²) in [5.41, 5.74) is 5.02. The van der Waals surface area contributed by atoms with Crippen LogP contribution in [-0.2, 0) is 26.2 Å². The molecular weight excluding hydrogens is 308 g/mol. The van der Waals surface area contributed by atoms with Crippen LogP contribution in [0, 0.1) is 27.7 Å². The van der Waals surface area contributed by atoms with Crippen molar-refractivity contribution in [2.24, 2.45) is 0 Å². The molecule has 0 fully saturated rings. The second kappa shape index (κ2) is 9.58. The zero-order chi connectivity index (χ0) is 7.02. The van der Waals surface area contributed by atoms with E-state index in [2.05, 4.69) is 32.7 Å². The molecule has 0 saturated heterocycles. The maximum Gasteiger partial charge on any atom is 4.00 e. The fourth-order valence-electron chi connectivity index (χ4n) is 0.962. The number of hydrogen-bond donors (Lipinski definition) is 0. The van der Waals surface area contributed by atoms with E-state index in [9.17, 15) is 0 Å². The molecule has 1 nitrogen and oxygen atoms in total. The summed E-state index contributed by atoms with van der Waals surface area (Å²) in [7, 11) is 0. The topological polar surface area (TPSA) is 14.1 Å². The molecule has 1 aromatic heterocycles. The largest absolute Gasteiger partial charge is 4.00 e. The van der Waals surface area contributed by atoms with Gasteiger partial charge in [-0.15, -0.1) is 0 Å². The van der Waals surface area contributed by atoms with E-state index in [0.29, 0.717) is 0 Å². The van der Waals surface area contributed by atoms with Crippen LogP contribution in [0.1, 0.15) is 22.5 Å². The van der Waals surface area contributed by atoms with Gasteiger partial charge in [0, 0.05) is 0 Å². The first-order valence-electron chi connectivity index (χ1n) is 3.20. The first kappa shape index (κ1) is 23.7. The van der Waals surface area contributed by atoms with E-state index in [-0.39, 0.29) is 63.4 Å². The van der Waals surface area contributed by atoms with Gasteiger partial charge in [-0.3, -0.25) is 0 Å². The first-order valence-corrected chi connectivity index (χ1v) is 3.20. The van der Waals surface area contributed by atoms with Crippen molar-refractivity contribution >= 4 is 0 Å². The predicted molar refractivity (Wildman–Crippen MR) is 38.7 cm³/mol. The van der Waals surface area contributed by atoms with E-state index in [1.165, 1.54) is 22.5 Å². The smallest absolute Gasteiger partial charge is 1.00 e. The van der Waals surface area contributed by atoms with Gasteiger partial charge in [-0.1, -0.05) is 25.0 Å². The summed E-state index contributed by atoms with van der Waals surface area (Å²) in [6, 6.07) is 0. The number of halogens is 3. The first-order chi connectivity index (χ1) is 4.13. The average Bonchev–Trinajstić information content (AvgIpc) is 1.98. The van der Waals surface area contributed by atoms with Crippen LogP contribution in [0.4, 0.5) is 0 Å². The summed E-state index contributed by atoms with van der Waals surface area (Å²) >= 11 is 0. The predicted octanol–water partition coefficient (Wildman–Crippen LogP) is -7.11. The Morgan fingerprint density at radius 1 is 0.692 bits per heavy atom. The van der Waals surface area contributed by atoms with Gasteiger partial charge in [-0.2, -0.15) is 11.4 Å². The van der Waals surface area contributed by atoms with E-state index < -0.39 is 0 Å². The van der Waals surface area contributed by atoms with Crippen molar-refractivity contribution in [1.29, 1.82) is 0 Å². The molecule has 13 heavy (non-hydrogen) atoms. The third-order valence-electron chi connectivity index (χ3n) is 1.98. The standard InChI is InChI=1S/C8H12N.3ClH.Zr/c1-5-6(2)8(4)9-7(5)3;;;;/h1-4H3;3*1H;/q-1;;;;+4/p-3. The maximum atomic E-state index is 4.31. The summed E-state index contributed by atoms with van der Waals surface area (Å²) in [4.78, 5) is 4.31. The minimum absolute atomic E-state index is 0. The summed E-state index contributed by atoms with van der Waals surface area (Å²) in [5.74, 6) is 0. The van der Waals surface area contributed by atoms with Gasteiger partial charge in [0.05, 0.1) is 0 Å². The molecule has 0 amide bonds. The Morgan fingerprint density at radius 2 is 0.923 bits per heavy atom. The molecule has 74 valence electrons. The number of aromatic nitrogens is 1. The molecule has 0 spiro atoms. The van der Waals surface area contributed by atoms with Crippen LogP contribution in [-0.4, -0.2) is 0 Å². The SMILES string of the molecule is Cc1[n-]c(C)c(C)c1C.[Cl-].[Cl-].[Cl-].[Zr+4]. The Kier molecular flexibility index (Phi) is 17.5. The van der Waals surface area contributed by atoms with Crippen molar-refractivity contribution in [3.05, 3.63) is 22.5 Å². The second-order valence-electron chi connectivity index (χ2n) is 2.53. The zero-order valence-corrected chi connectivity index (χ0v) is 12.8. The zero-order valence-electron chi connectivity index (χ0n) is 8.08. The third kappa shape index (κ3) is 5.47. The van der Waals surface area contributed by atoms with Crippen LogP contribution in [0.5, 0.6) is 0 Å². The average molecular weight is 320 g/mol. The molecule has 0 aliphatic rings. The van der Waals surface area contributed by atoms with Gasteiger partial charge in [0.1, 0.15) is 0 Å². The molecule has 0 atom stereocenters. The quantitative estimate of drug-likeness (QED) is 0.464. The fraction of sp³-hybridized carbons (Fsp3) is 0.500. The molecule has 0 bridgehead atoms. The van der Waals surface area contributed by atoms with Crippen LogP contribution in [0.2, 0.25) is 0 Å². The molecule has 5 heteroatoms. The Morgan fingerprint density at radius 3 is 1.00 bits per heavy atom. The summed E-state index contributed by atoms with van der Waals surface area (Å²) < 4.78 is 0. The number of aryl methyl sites for hydroxylation is 2. The van der Waals surface area contributed by atoms with Gasteiger partial charge in [-0.05, 0) is 13.8 Å². The molecule has 0 radical (unpaired) electrons. The third-order valence-corrected chi connectivity index (χ3v) is 1.98. The van der Waals surface area contributed by atoms with E-state index in [0.717, 1.165) is 0 Å². The van der Waals surface area contributed by atoms with Crippen molar-refractivity contribution in [2.45, 2.75) is 27.7 Å². The molecule has 1 aromatic rings. The molecule has 0 N–H and O–H groups in total. The number of rotatable bonds is 0. The minimum Gasteiger partial charge on any atom is -1.00 e. The van der Waals surface area contributed by atoms with Gasteiger partial charge in [-0.25, -0.2) is 0 Å². The van der Waals surface area contributed by atoms with Crippen LogP contribution < -0.4 is 42.2 Å². The Balaban J connectivity index is -0.000000101. The van der Waals surface area contributed by atoms with E-state index in [1.54, 1.807) is 0 Å². The van der Waals surface area contributed by atoms with Crippen LogP contribution in [0.15, 0.2) is 0 Å². The molecule has 0 aromatic carbocycles. The summed E-state index contributed by atoms with van der Waals surface area (Å²) in [6.45, 7) is 8.33. The van der Waals surface area contributed by atoms with Crippen LogP contribution >= 0.6 is 0 Å². The van der Waals surface area contributed by atoms with Gasteiger partial charge < -0.3 is 42.2 Å². The molecular formula is C8H12Cl3NZr. The Hall–Kier alpha value is 1.03. The van der Waals surface area contributed by atoms with Crippen molar-refractivity contribution in [2.75, 3.05) is 0 Å². The Labute approximate surface area is 118 Å². The molecule has 0 unspecified atom stereocenters. The van der Waals surface area contributed by atoms with Gasteiger partial charge in [0.2, 0.25) is 0 Å². The van der Waals surface area contributed by atoms with E-state index in [1.807, 2.05) is 0 Å². The number of hydrogen-bond acceptors (Lipinski definition) is 0. The monoisotopic (exact) mass is 317 g/mol. The van der Waals surface area contributed by atoms with Crippen molar-refractivity contribution in [1.82, 2.24) is 4.98 Å². The van der Waals surface area contributed by atoms with Crippen molar-refractivity contribution in [3.8, 4) is 0 Å². The Bertz CT molecular complexity index is 213.